The van der Waals surface area contributed by atoms with Crippen molar-refractivity contribution in [3.63, 3.8) is 0 Å². The molecule has 4 nitrogen and oxygen atoms in total. The van der Waals surface area contributed by atoms with Crippen molar-refractivity contribution in [2.24, 2.45) is 0 Å². The Morgan fingerprint density at radius 3 is 2.78 bits per heavy atom. The SMILES string of the molecule is Cc1ccccc1CNCc1occc1C(=O)O. The molecule has 2 rings (SSSR count). The summed E-state index contributed by atoms with van der Waals surface area (Å²) in [6, 6.07) is 9.54. The average Bonchev–Trinajstić information content (AvgIpc) is 2.80. The second-order valence-corrected chi connectivity index (χ2v) is 4.09. The molecule has 94 valence electrons. The van der Waals surface area contributed by atoms with E-state index in [0.29, 0.717) is 18.8 Å². The lowest BCUT2D eigenvalue weighted by molar-refractivity contribution is 0.0694. The van der Waals surface area contributed by atoms with Crippen LogP contribution in [0.5, 0.6) is 0 Å². The van der Waals surface area contributed by atoms with E-state index in [1.165, 1.54) is 23.5 Å². The van der Waals surface area contributed by atoms with E-state index in [9.17, 15) is 4.79 Å². The summed E-state index contributed by atoms with van der Waals surface area (Å²) >= 11 is 0. The molecule has 4 heteroatoms. The van der Waals surface area contributed by atoms with E-state index >= 15 is 0 Å². The Kier molecular flexibility index (Phi) is 3.79. The molecule has 1 heterocycles. The molecular formula is C14H15NO3. The highest BCUT2D eigenvalue weighted by Gasteiger charge is 2.12. The van der Waals surface area contributed by atoms with Gasteiger partial charge in [-0.15, -0.1) is 0 Å². The molecule has 2 N–H and O–H groups in total. The smallest absolute Gasteiger partial charge is 0.339 e. The molecule has 0 atom stereocenters. The summed E-state index contributed by atoms with van der Waals surface area (Å²) in [5, 5.41) is 12.1. The lowest BCUT2D eigenvalue weighted by atomic mass is 10.1. The summed E-state index contributed by atoms with van der Waals surface area (Å²) in [5.74, 6) is -0.507. The normalized spacial score (nSPS) is 10.5. The zero-order valence-electron chi connectivity index (χ0n) is 10.1. The van der Waals surface area contributed by atoms with Gasteiger partial charge in [-0.05, 0) is 24.1 Å². The Bertz CT molecular complexity index is 545. The number of aromatic carboxylic acids is 1. The molecule has 0 aliphatic carbocycles. The zero-order chi connectivity index (χ0) is 13.0. The highest BCUT2D eigenvalue weighted by molar-refractivity contribution is 5.88. The number of hydrogen-bond acceptors (Lipinski definition) is 3. The van der Waals surface area contributed by atoms with Crippen LogP contribution in [-0.4, -0.2) is 11.1 Å². The lowest BCUT2D eigenvalue weighted by Gasteiger charge is -2.06. The largest absolute Gasteiger partial charge is 0.478 e. The second-order valence-electron chi connectivity index (χ2n) is 4.09. The van der Waals surface area contributed by atoms with Crippen LogP contribution < -0.4 is 5.32 Å². The first-order valence-corrected chi connectivity index (χ1v) is 5.73. The van der Waals surface area contributed by atoms with Crippen molar-refractivity contribution >= 4 is 5.97 Å². The Morgan fingerprint density at radius 2 is 2.06 bits per heavy atom. The summed E-state index contributed by atoms with van der Waals surface area (Å²) in [6.07, 6.45) is 1.40. The number of carboxylic acids is 1. The van der Waals surface area contributed by atoms with Crippen LogP contribution in [0.25, 0.3) is 0 Å². The van der Waals surface area contributed by atoms with Crippen LogP contribution in [0.2, 0.25) is 0 Å². The minimum Gasteiger partial charge on any atom is -0.478 e. The first kappa shape index (κ1) is 12.4. The summed E-state index contributed by atoms with van der Waals surface area (Å²) < 4.78 is 5.15. The van der Waals surface area contributed by atoms with Gasteiger partial charge in [-0.3, -0.25) is 0 Å². The van der Waals surface area contributed by atoms with Gasteiger partial charge in [0.25, 0.3) is 0 Å². The van der Waals surface area contributed by atoms with E-state index < -0.39 is 5.97 Å². The maximum absolute atomic E-state index is 10.9. The molecule has 18 heavy (non-hydrogen) atoms. The van der Waals surface area contributed by atoms with E-state index in [2.05, 4.69) is 5.32 Å². The molecule has 1 aromatic carbocycles. The van der Waals surface area contributed by atoms with Crippen LogP contribution >= 0.6 is 0 Å². The number of furan rings is 1. The quantitative estimate of drug-likeness (QED) is 0.849. The van der Waals surface area contributed by atoms with Crippen molar-refractivity contribution in [1.82, 2.24) is 5.32 Å². The molecule has 0 bridgehead atoms. The third kappa shape index (κ3) is 2.78. The standard InChI is InChI=1S/C14H15NO3/c1-10-4-2-3-5-11(10)8-15-9-13-12(14(16)17)6-7-18-13/h2-7,15H,8-9H2,1H3,(H,16,17). The van der Waals surface area contributed by atoms with E-state index in [-0.39, 0.29) is 5.56 Å². The number of benzene rings is 1. The fraction of sp³-hybridized carbons (Fsp3) is 0.214. The van der Waals surface area contributed by atoms with Crippen molar-refractivity contribution in [3.05, 3.63) is 59.0 Å². The maximum Gasteiger partial charge on any atom is 0.339 e. The van der Waals surface area contributed by atoms with Crippen LogP contribution in [0.1, 0.15) is 27.2 Å². The second kappa shape index (κ2) is 5.51. The molecule has 2 aromatic rings. The highest BCUT2D eigenvalue weighted by atomic mass is 16.4. The predicted octanol–water partition coefficient (Wildman–Crippen LogP) is 2.58. The minimum atomic E-state index is -0.962. The summed E-state index contributed by atoms with van der Waals surface area (Å²) in [7, 11) is 0. The van der Waals surface area contributed by atoms with Crippen molar-refractivity contribution in [2.75, 3.05) is 0 Å². The number of hydrogen-bond donors (Lipinski definition) is 2. The molecule has 0 spiro atoms. The summed E-state index contributed by atoms with van der Waals surface area (Å²) in [4.78, 5) is 10.9. The topological polar surface area (TPSA) is 62.5 Å². The lowest BCUT2D eigenvalue weighted by Crippen LogP contribution is -2.15. The molecule has 0 amide bonds. The van der Waals surface area contributed by atoms with Crippen LogP contribution in [-0.2, 0) is 13.1 Å². The monoisotopic (exact) mass is 245 g/mol. The van der Waals surface area contributed by atoms with Gasteiger partial charge in [-0.1, -0.05) is 24.3 Å². The van der Waals surface area contributed by atoms with Crippen molar-refractivity contribution in [3.8, 4) is 0 Å². The molecular weight excluding hydrogens is 230 g/mol. The average molecular weight is 245 g/mol. The molecule has 0 aliphatic rings. The number of rotatable bonds is 5. The minimum absolute atomic E-state index is 0.215. The van der Waals surface area contributed by atoms with Crippen molar-refractivity contribution in [1.29, 1.82) is 0 Å². The number of aryl methyl sites for hydroxylation is 1. The van der Waals surface area contributed by atoms with Gasteiger partial charge < -0.3 is 14.8 Å². The van der Waals surface area contributed by atoms with Gasteiger partial charge in [0.2, 0.25) is 0 Å². The molecule has 0 saturated carbocycles. The molecule has 0 aliphatic heterocycles. The van der Waals surface area contributed by atoms with Gasteiger partial charge in [0.15, 0.2) is 0 Å². The Labute approximate surface area is 105 Å². The van der Waals surface area contributed by atoms with E-state index in [1.807, 2.05) is 31.2 Å². The zero-order valence-corrected chi connectivity index (χ0v) is 10.1. The van der Waals surface area contributed by atoms with Gasteiger partial charge in [0.1, 0.15) is 11.3 Å². The van der Waals surface area contributed by atoms with Crippen LogP contribution in [0, 0.1) is 6.92 Å². The molecule has 1 aromatic heterocycles. The molecule has 0 unspecified atom stereocenters. The van der Waals surface area contributed by atoms with Gasteiger partial charge in [-0.2, -0.15) is 0 Å². The van der Waals surface area contributed by atoms with Crippen LogP contribution in [0.4, 0.5) is 0 Å². The summed E-state index contributed by atoms with van der Waals surface area (Å²) in [5.41, 5.74) is 2.62. The van der Waals surface area contributed by atoms with Crippen LogP contribution in [0.15, 0.2) is 41.0 Å². The van der Waals surface area contributed by atoms with Crippen molar-refractivity contribution in [2.45, 2.75) is 20.0 Å². The first-order valence-electron chi connectivity index (χ1n) is 5.73. The Balaban J connectivity index is 1.95. The van der Waals surface area contributed by atoms with Gasteiger partial charge in [-0.25, -0.2) is 4.79 Å². The Morgan fingerprint density at radius 1 is 1.28 bits per heavy atom. The highest BCUT2D eigenvalue weighted by Crippen LogP contribution is 2.11. The third-order valence-electron chi connectivity index (χ3n) is 2.84. The fourth-order valence-corrected chi connectivity index (χ4v) is 1.79. The third-order valence-corrected chi connectivity index (χ3v) is 2.84. The molecule has 0 radical (unpaired) electrons. The van der Waals surface area contributed by atoms with Crippen LogP contribution in [0.3, 0.4) is 0 Å². The fourth-order valence-electron chi connectivity index (χ4n) is 1.79. The van der Waals surface area contributed by atoms with Gasteiger partial charge in [0, 0.05) is 6.54 Å². The molecule has 0 saturated heterocycles. The Hall–Kier alpha value is -2.07. The predicted molar refractivity (Wildman–Crippen MR) is 67.4 cm³/mol. The van der Waals surface area contributed by atoms with E-state index in [4.69, 9.17) is 9.52 Å². The maximum atomic E-state index is 10.9. The van der Waals surface area contributed by atoms with E-state index in [1.54, 1.807) is 0 Å². The molecule has 0 fully saturated rings. The first-order chi connectivity index (χ1) is 8.68. The number of carbonyl (C=O) groups is 1. The van der Waals surface area contributed by atoms with E-state index in [0.717, 1.165) is 0 Å². The number of nitrogens with one attached hydrogen (secondary N) is 1. The van der Waals surface area contributed by atoms with Gasteiger partial charge >= 0.3 is 5.97 Å². The number of carboxylic acid groups (broad SMARTS) is 1. The van der Waals surface area contributed by atoms with Gasteiger partial charge in [0.05, 0.1) is 12.8 Å². The van der Waals surface area contributed by atoms with Crippen molar-refractivity contribution < 1.29 is 14.3 Å². The summed E-state index contributed by atoms with van der Waals surface area (Å²) in [6.45, 7) is 3.14.